The van der Waals surface area contributed by atoms with Gasteiger partial charge in [-0.2, -0.15) is 9.98 Å². The van der Waals surface area contributed by atoms with Crippen LogP contribution >= 0.6 is 0 Å². The summed E-state index contributed by atoms with van der Waals surface area (Å²) in [6.07, 6.45) is 12.8. The molecule has 8 nitrogen and oxygen atoms in total. The largest absolute Gasteiger partial charge is 0.370 e. The molecule has 0 radical (unpaired) electrons. The Labute approximate surface area is 188 Å². The topological polar surface area (TPSA) is 91.0 Å². The van der Waals surface area contributed by atoms with Gasteiger partial charge >= 0.3 is 0 Å². The smallest absolute Gasteiger partial charge is 0.232 e. The number of guanidine groups is 1. The van der Waals surface area contributed by atoms with Crippen molar-refractivity contribution >= 4 is 28.9 Å². The van der Waals surface area contributed by atoms with Crippen LogP contribution in [0.4, 0.5) is 11.5 Å². The summed E-state index contributed by atoms with van der Waals surface area (Å²) in [7, 11) is 0. The van der Waals surface area contributed by atoms with Gasteiger partial charge in [-0.25, -0.2) is 9.97 Å². The van der Waals surface area contributed by atoms with E-state index in [0.717, 1.165) is 53.9 Å². The summed E-state index contributed by atoms with van der Waals surface area (Å²) in [5.74, 6) is 2.85. The molecule has 8 heteroatoms. The number of amidine groups is 1. The van der Waals surface area contributed by atoms with Crippen LogP contribution in [0.5, 0.6) is 0 Å². The third kappa shape index (κ3) is 5.72. The Hall–Kier alpha value is -3.68. The van der Waals surface area contributed by atoms with Crippen molar-refractivity contribution in [1.82, 2.24) is 19.7 Å². The molecule has 0 spiro atoms. The number of nitrogens with zero attached hydrogens (tertiary/aromatic N) is 5. The molecule has 0 unspecified atom stereocenters. The van der Waals surface area contributed by atoms with Crippen LogP contribution in [0.2, 0.25) is 0 Å². The zero-order chi connectivity index (χ0) is 22.2. The quantitative estimate of drug-likeness (QED) is 0.455. The number of aliphatic imine (C=N–C) groups is 2. The summed E-state index contributed by atoms with van der Waals surface area (Å²) in [4.78, 5) is 18.5. The third-order valence-corrected chi connectivity index (χ3v) is 5.14. The number of nitrogens with one attached hydrogen (secondary N) is 3. The second-order valence-corrected chi connectivity index (χ2v) is 7.65. The Morgan fingerprint density at radius 1 is 1.03 bits per heavy atom. The van der Waals surface area contributed by atoms with Crippen LogP contribution in [0.25, 0.3) is 5.65 Å². The lowest BCUT2D eigenvalue weighted by Crippen LogP contribution is -2.18. The van der Waals surface area contributed by atoms with Crippen molar-refractivity contribution < 1.29 is 0 Å². The first-order chi connectivity index (χ1) is 15.7. The van der Waals surface area contributed by atoms with Gasteiger partial charge < -0.3 is 20.4 Å². The van der Waals surface area contributed by atoms with Gasteiger partial charge in [0.15, 0.2) is 0 Å². The standard InChI is InChI=1S/C24H30N8/c1-3-5-6-13-25-20-10-11-22(28-19-12-15-32-16-14-26-23(32)17-19)31-24(29-20)30-21-9-7-8-18(4-2)27-21/h7-10,12,14-17,25H,3-6,11,13H2,1-2H3,(H2,27,28,29,30,31). The zero-order valence-corrected chi connectivity index (χ0v) is 18.7. The predicted octanol–water partition coefficient (Wildman–Crippen LogP) is 4.60. The number of imidazole rings is 1. The van der Waals surface area contributed by atoms with E-state index in [0.29, 0.717) is 12.4 Å². The van der Waals surface area contributed by atoms with Gasteiger partial charge in [-0.3, -0.25) is 0 Å². The molecule has 0 saturated carbocycles. The highest BCUT2D eigenvalue weighted by Gasteiger charge is 2.11. The van der Waals surface area contributed by atoms with Gasteiger partial charge in [-0.1, -0.05) is 32.8 Å². The third-order valence-electron chi connectivity index (χ3n) is 5.14. The van der Waals surface area contributed by atoms with Crippen molar-refractivity contribution in [3.8, 4) is 0 Å². The van der Waals surface area contributed by atoms with Gasteiger partial charge in [0.05, 0.1) is 0 Å². The van der Waals surface area contributed by atoms with Gasteiger partial charge in [0.25, 0.3) is 0 Å². The molecule has 0 saturated heterocycles. The van der Waals surface area contributed by atoms with Gasteiger partial charge in [0, 0.05) is 49.0 Å². The van der Waals surface area contributed by atoms with Crippen molar-refractivity contribution in [2.75, 3.05) is 17.2 Å². The molecule has 3 N–H and O–H groups in total. The fraction of sp³-hybridized carbons (Fsp3) is 0.333. The van der Waals surface area contributed by atoms with Gasteiger partial charge in [0.1, 0.15) is 23.1 Å². The lowest BCUT2D eigenvalue weighted by molar-refractivity contribution is 0.663. The van der Waals surface area contributed by atoms with E-state index in [4.69, 9.17) is 9.98 Å². The van der Waals surface area contributed by atoms with Crippen LogP contribution < -0.4 is 16.0 Å². The van der Waals surface area contributed by atoms with Crippen LogP contribution in [0.1, 0.15) is 45.2 Å². The summed E-state index contributed by atoms with van der Waals surface area (Å²) >= 11 is 0. The number of hydrogen-bond acceptors (Lipinski definition) is 7. The van der Waals surface area contributed by atoms with Crippen LogP contribution in [-0.2, 0) is 6.42 Å². The van der Waals surface area contributed by atoms with E-state index >= 15 is 0 Å². The zero-order valence-electron chi connectivity index (χ0n) is 18.7. The van der Waals surface area contributed by atoms with Crippen LogP contribution in [0.3, 0.4) is 0 Å². The molecule has 0 fully saturated rings. The summed E-state index contributed by atoms with van der Waals surface area (Å²) in [6.45, 7) is 5.18. The van der Waals surface area contributed by atoms with E-state index < -0.39 is 0 Å². The molecule has 4 rings (SSSR count). The number of aromatic nitrogens is 3. The molecule has 3 aromatic heterocycles. The van der Waals surface area contributed by atoms with Crippen molar-refractivity contribution in [2.45, 2.75) is 46.0 Å². The molecular formula is C24H30N8. The molecule has 1 aliphatic rings. The minimum absolute atomic E-state index is 0.502. The van der Waals surface area contributed by atoms with Crippen molar-refractivity contribution in [3.63, 3.8) is 0 Å². The van der Waals surface area contributed by atoms with Crippen LogP contribution in [0, 0.1) is 0 Å². The predicted molar refractivity (Wildman–Crippen MR) is 131 cm³/mol. The summed E-state index contributed by atoms with van der Waals surface area (Å²) in [6, 6.07) is 9.94. The number of unbranched alkanes of at least 4 members (excludes halogenated alkanes) is 2. The second-order valence-electron chi connectivity index (χ2n) is 7.65. The van der Waals surface area contributed by atoms with Gasteiger partial charge in [-0.15, -0.1) is 0 Å². The van der Waals surface area contributed by atoms with Crippen molar-refractivity contribution in [1.29, 1.82) is 0 Å². The maximum atomic E-state index is 4.77. The molecular weight excluding hydrogens is 400 g/mol. The minimum Gasteiger partial charge on any atom is -0.370 e. The number of rotatable bonds is 8. The number of anilines is 2. The highest BCUT2D eigenvalue weighted by molar-refractivity contribution is 6.08. The van der Waals surface area contributed by atoms with Crippen molar-refractivity contribution in [3.05, 3.63) is 66.5 Å². The van der Waals surface area contributed by atoms with E-state index in [9.17, 15) is 0 Å². The Morgan fingerprint density at radius 3 is 2.84 bits per heavy atom. The average Bonchev–Trinajstić information content (AvgIpc) is 3.19. The molecule has 0 amide bonds. The molecule has 0 aliphatic carbocycles. The summed E-state index contributed by atoms with van der Waals surface area (Å²) < 4.78 is 1.97. The first-order valence-electron chi connectivity index (χ1n) is 11.3. The van der Waals surface area contributed by atoms with E-state index in [1.807, 2.05) is 47.1 Å². The molecule has 32 heavy (non-hydrogen) atoms. The summed E-state index contributed by atoms with van der Waals surface area (Å²) in [5, 5.41) is 10.1. The molecule has 4 heterocycles. The molecule has 1 aliphatic heterocycles. The average molecular weight is 431 g/mol. The molecule has 166 valence electrons. The Kier molecular flexibility index (Phi) is 7.12. The van der Waals surface area contributed by atoms with E-state index in [1.54, 1.807) is 6.20 Å². The van der Waals surface area contributed by atoms with E-state index in [1.165, 1.54) is 12.8 Å². The maximum Gasteiger partial charge on any atom is 0.232 e. The fourth-order valence-electron chi connectivity index (χ4n) is 3.40. The van der Waals surface area contributed by atoms with Crippen LogP contribution in [-0.4, -0.2) is 32.7 Å². The van der Waals surface area contributed by atoms with Crippen molar-refractivity contribution in [2.24, 2.45) is 9.98 Å². The first-order valence-corrected chi connectivity index (χ1v) is 11.3. The Bertz CT molecular complexity index is 1140. The minimum atomic E-state index is 0.502. The Balaban J connectivity index is 1.55. The number of pyridine rings is 2. The van der Waals surface area contributed by atoms with E-state index in [-0.39, 0.29) is 0 Å². The molecule has 3 aromatic rings. The Morgan fingerprint density at radius 2 is 1.97 bits per heavy atom. The van der Waals surface area contributed by atoms with Gasteiger partial charge in [-0.05, 0) is 37.1 Å². The van der Waals surface area contributed by atoms with Gasteiger partial charge in [0.2, 0.25) is 5.96 Å². The monoisotopic (exact) mass is 430 g/mol. The first kappa shape index (κ1) is 21.5. The lowest BCUT2D eigenvalue weighted by atomic mass is 10.2. The molecule has 0 bridgehead atoms. The van der Waals surface area contributed by atoms with Crippen LogP contribution in [0.15, 0.2) is 70.8 Å². The maximum absolute atomic E-state index is 4.77. The number of fused-ring (bicyclic) bond motifs is 1. The highest BCUT2D eigenvalue weighted by atomic mass is 15.2. The SMILES string of the molecule is CCCCCNC1=CCC(Nc2ccn3ccnc3c2)=NC(Nc2cccc(CC)n2)=N1. The molecule has 0 aromatic carbocycles. The second kappa shape index (κ2) is 10.6. The lowest BCUT2D eigenvalue weighted by Gasteiger charge is -2.10. The highest BCUT2D eigenvalue weighted by Crippen LogP contribution is 2.14. The normalized spacial score (nSPS) is 13.8. The molecule has 0 atom stereocenters. The van der Waals surface area contributed by atoms with E-state index in [2.05, 4.69) is 45.8 Å². The number of aryl methyl sites for hydroxylation is 1. The summed E-state index contributed by atoms with van der Waals surface area (Å²) in [5.41, 5.74) is 2.83. The number of hydrogen-bond donors (Lipinski definition) is 3. The fourth-order valence-corrected chi connectivity index (χ4v) is 3.40.